The van der Waals surface area contributed by atoms with E-state index in [1.807, 2.05) is 0 Å². The number of nitrogens with zero attached hydrogens (tertiary/aromatic N) is 2. The zero-order valence-electron chi connectivity index (χ0n) is 17.0. The van der Waals surface area contributed by atoms with Crippen LogP contribution in [0.1, 0.15) is 41.5 Å². The number of likely N-dealkylation sites (N-methyl/N-ethyl adjacent to an activating group) is 2. The summed E-state index contributed by atoms with van der Waals surface area (Å²) < 4.78 is 13.8. The summed E-state index contributed by atoms with van der Waals surface area (Å²) in [7, 11) is 0. The molecule has 0 rings (SSSR count). The first-order valence-corrected chi connectivity index (χ1v) is 9.43. The number of hydrogen-bond acceptors (Lipinski definition) is 2. The van der Waals surface area contributed by atoms with Crippen molar-refractivity contribution in [1.29, 1.82) is 0 Å². The first kappa shape index (κ1) is 29.6. The number of ether oxygens (including phenoxy) is 2. The Hall–Kier alpha value is 0.800. The standard InChI is InChI=1S/C18H42N2O2.2BrH/c1-7-19(8-2,9-3)13-15-21-17-18-22-16-14-20(10-4,11-5)12-6;;/h7-18H2,1-6H3;2*1H/q+2;;/p-2. The van der Waals surface area contributed by atoms with Crippen LogP contribution in [-0.2, 0) is 9.47 Å². The van der Waals surface area contributed by atoms with Crippen LogP contribution in [0, 0.1) is 0 Å². The van der Waals surface area contributed by atoms with Gasteiger partial charge >= 0.3 is 0 Å². The fraction of sp³-hybridized carbons (Fsp3) is 1.00. The highest BCUT2D eigenvalue weighted by atomic mass is 79.9. The smallest absolute Gasteiger partial charge is 0.102 e. The minimum Gasteiger partial charge on any atom is -1.00 e. The van der Waals surface area contributed by atoms with Gasteiger partial charge in [0.15, 0.2) is 0 Å². The second-order valence-electron chi connectivity index (χ2n) is 6.25. The van der Waals surface area contributed by atoms with Crippen LogP contribution in [0.25, 0.3) is 0 Å². The fourth-order valence-corrected chi connectivity index (χ4v) is 3.13. The first-order valence-electron chi connectivity index (χ1n) is 9.43. The molecule has 0 aliphatic carbocycles. The summed E-state index contributed by atoms with van der Waals surface area (Å²) in [6, 6.07) is 0. The van der Waals surface area contributed by atoms with Crippen LogP contribution >= 0.6 is 0 Å². The van der Waals surface area contributed by atoms with Gasteiger partial charge in [0.25, 0.3) is 0 Å². The molecule has 0 unspecified atom stereocenters. The molecule has 0 fully saturated rings. The van der Waals surface area contributed by atoms with Crippen molar-refractivity contribution in [3.05, 3.63) is 0 Å². The molecule has 0 N–H and O–H groups in total. The highest BCUT2D eigenvalue weighted by molar-refractivity contribution is 4.41. The summed E-state index contributed by atoms with van der Waals surface area (Å²) in [6.07, 6.45) is 0. The average molecular weight is 478 g/mol. The fourth-order valence-electron chi connectivity index (χ4n) is 3.13. The van der Waals surface area contributed by atoms with E-state index in [4.69, 9.17) is 9.47 Å². The maximum Gasteiger partial charge on any atom is 0.102 e. The molecule has 0 aliphatic rings. The Bertz CT molecular complexity index is 219. The predicted molar refractivity (Wildman–Crippen MR) is 95.1 cm³/mol. The van der Waals surface area contributed by atoms with Gasteiger partial charge in [0.2, 0.25) is 0 Å². The van der Waals surface area contributed by atoms with Gasteiger partial charge in [-0.3, -0.25) is 0 Å². The van der Waals surface area contributed by atoms with E-state index in [9.17, 15) is 0 Å². The highest BCUT2D eigenvalue weighted by Crippen LogP contribution is 2.06. The Morgan fingerprint density at radius 3 is 0.917 bits per heavy atom. The van der Waals surface area contributed by atoms with Crippen molar-refractivity contribution in [3.63, 3.8) is 0 Å². The summed E-state index contributed by atoms with van der Waals surface area (Å²) in [5.41, 5.74) is 0. The maximum absolute atomic E-state index is 5.76. The second-order valence-corrected chi connectivity index (χ2v) is 6.25. The van der Waals surface area contributed by atoms with Gasteiger partial charge in [0.1, 0.15) is 13.1 Å². The van der Waals surface area contributed by atoms with Gasteiger partial charge in [-0.1, -0.05) is 0 Å². The largest absolute Gasteiger partial charge is 1.00 e. The molecule has 0 aromatic heterocycles. The van der Waals surface area contributed by atoms with Crippen molar-refractivity contribution < 1.29 is 52.4 Å². The Kier molecular flexibility index (Phi) is 21.2. The molecular weight excluding hydrogens is 436 g/mol. The Balaban J connectivity index is -0.00000220. The topological polar surface area (TPSA) is 18.5 Å². The number of rotatable bonds is 15. The molecule has 24 heavy (non-hydrogen) atoms. The van der Waals surface area contributed by atoms with Crippen LogP contribution in [0.4, 0.5) is 0 Å². The number of hydrogen-bond donors (Lipinski definition) is 0. The van der Waals surface area contributed by atoms with E-state index in [1.54, 1.807) is 0 Å². The maximum atomic E-state index is 5.76. The monoisotopic (exact) mass is 476 g/mol. The van der Waals surface area contributed by atoms with Crippen molar-refractivity contribution in [2.24, 2.45) is 0 Å². The molecule has 0 amide bonds. The lowest BCUT2D eigenvalue weighted by Crippen LogP contribution is -3.00. The van der Waals surface area contributed by atoms with Crippen LogP contribution < -0.4 is 34.0 Å². The number of halogens is 2. The zero-order valence-corrected chi connectivity index (χ0v) is 20.1. The molecule has 0 saturated heterocycles. The van der Waals surface area contributed by atoms with Gasteiger partial charge in [-0.05, 0) is 41.5 Å². The third-order valence-electron chi connectivity index (χ3n) is 5.82. The van der Waals surface area contributed by atoms with Gasteiger partial charge in [-0.15, -0.1) is 0 Å². The van der Waals surface area contributed by atoms with E-state index in [0.29, 0.717) is 0 Å². The summed E-state index contributed by atoms with van der Waals surface area (Å²) in [5, 5.41) is 0. The first-order chi connectivity index (χ1) is 10.6. The molecule has 6 heteroatoms. The van der Waals surface area contributed by atoms with E-state index < -0.39 is 0 Å². The number of quaternary nitrogens is 2. The molecule has 150 valence electrons. The van der Waals surface area contributed by atoms with Crippen molar-refractivity contribution in [3.8, 4) is 0 Å². The second kappa shape index (κ2) is 17.2. The highest BCUT2D eigenvalue weighted by Gasteiger charge is 2.20. The van der Waals surface area contributed by atoms with Crippen LogP contribution in [0.3, 0.4) is 0 Å². The van der Waals surface area contributed by atoms with Crippen LogP contribution in [0.5, 0.6) is 0 Å². The Morgan fingerprint density at radius 1 is 0.458 bits per heavy atom. The van der Waals surface area contributed by atoms with Gasteiger partial charge in [-0.2, -0.15) is 0 Å². The molecule has 4 nitrogen and oxygen atoms in total. The quantitative estimate of drug-likeness (QED) is 0.182. The average Bonchev–Trinajstić information content (AvgIpc) is 2.58. The van der Waals surface area contributed by atoms with Crippen molar-refractivity contribution in [2.75, 3.05) is 78.8 Å². The van der Waals surface area contributed by atoms with Gasteiger partial charge < -0.3 is 52.4 Å². The van der Waals surface area contributed by atoms with Crippen LogP contribution in [-0.4, -0.2) is 87.8 Å². The summed E-state index contributed by atoms with van der Waals surface area (Å²) in [4.78, 5) is 0. The third kappa shape index (κ3) is 10.7. The lowest BCUT2D eigenvalue weighted by atomic mass is 10.3. The SMILES string of the molecule is CC[N+](CC)(CC)CCOCCOCC[N+](CC)(CC)CC.[Br-].[Br-]. The summed E-state index contributed by atoms with van der Waals surface area (Å²) >= 11 is 0. The van der Waals surface area contributed by atoms with Gasteiger partial charge in [0, 0.05) is 0 Å². The van der Waals surface area contributed by atoms with Gasteiger partial charge in [0.05, 0.1) is 65.7 Å². The van der Waals surface area contributed by atoms with E-state index in [0.717, 1.165) is 48.5 Å². The van der Waals surface area contributed by atoms with Gasteiger partial charge in [-0.25, -0.2) is 0 Å². The molecule has 0 heterocycles. The van der Waals surface area contributed by atoms with E-state index >= 15 is 0 Å². The Labute approximate surface area is 172 Å². The van der Waals surface area contributed by atoms with Crippen molar-refractivity contribution in [2.45, 2.75) is 41.5 Å². The van der Waals surface area contributed by atoms with Crippen molar-refractivity contribution in [1.82, 2.24) is 0 Å². The molecule has 0 radical (unpaired) electrons. The molecule has 0 aliphatic heterocycles. The molecule has 0 bridgehead atoms. The molecule has 0 saturated carbocycles. The third-order valence-corrected chi connectivity index (χ3v) is 5.82. The lowest BCUT2D eigenvalue weighted by Gasteiger charge is -2.35. The molecule has 0 aromatic carbocycles. The zero-order chi connectivity index (χ0) is 16.9. The van der Waals surface area contributed by atoms with E-state index in [1.165, 1.54) is 39.3 Å². The van der Waals surface area contributed by atoms with Crippen molar-refractivity contribution >= 4 is 0 Å². The lowest BCUT2D eigenvalue weighted by molar-refractivity contribution is -0.923. The normalized spacial score (nSPS) is 11.8. The predicted octanol–water partition coefficient (Wildman–Crippen LogP) is -3.22. The molecule has 0 aromatic rings. The Morgan fingerprint density at radius 2 is 0.708 bits per heavy atom. The molecular formula is C18H42Br2N2O2. The molecule has 0 spiro atoms. The summed E-state index contributed by atoms with van der Waals surface area (Å²) in [6.45, 7) is 26.2. The van der Waals surface area contributed by atoms with E-state index in [-0.39, 0.29) is 34.0 Å². The molecule has 0 atom stereocenters. The van der Waals surface area contributed by atoms with E-state index in [2.05, 4.69) is 41.5 Å². The van der Waals surface area contributed by atoms with Crippen LogP contribution in [0.2, 0.25) is 0 Å². The minimum atomic E-state index is 0. The minimum absolute atomic E-state index is 0. The van der Waals surface area contributed by atoms with Crippen LogP contribution in [0.15, 0.2) is 0 Å². The summed E-state index contributed by atoms with van der Waals surface area (Å²) in [5.74, 6) is 0.